The number of piperidine rings is 1. The maximum absolute atomic E-state index is 14.7. The predicted molar refractivity (Wildman–Crippen MR) is 147 cm³/mol. The Hall–Kier alpha value is -2.29. The molecular formula is C24H29Cl2FN5O5S2+. The van der Waals surface area contributed by atoms with Gasteiger partial charge in [-0.25, -0.2) is 12.8 Å². The summed E-state index contributed by atoms with van der Waals surface area (Å²) in [5.41, 5.74) is -0.0467. The second kappa shape index (κ2) is 12.5. The van der Waals surface area contributed by atoms with Crippen LogP contribution >= 0.6 is 34.5 Å². The van der Waals surface area contributed by atoms with Gasteiger partial charge in [0.05, 0.1) is 53.2 Å². The summed E-state index contributed by atoms with van der Waals surface area (Å²) in [5, 5.41) is 2.26. The van der Waals surface area contributed by atoms with Crippen LogP contribution in [-0.2, 0) is 19.6 Å². The van der Waals surface area contributed by atoms with Crippen LogP contribution in [0.4, 0.5) is 10.1 Å². The quantitative estimate of drug-likeness (QED) is 0.409. The molecule has 0 saturated carbocycles. The first-order valence-corrected chi connectivity index (χ1v) is 15.5. The van der Waals surface area contributed by atoms with Gasteiger partial charge < -0.3 is 20.0 Å². The molecule has 2 aliphatic rings. The van der Waals surface area contributed by atoms with Crippen molar-refractivity contribution in [3.8, 4) is 0 Å². The Morgan fingerprint density at radius 1 is 1.15 bits per heavy atom. The Morgan fingerprint density at radius 3 is 2.51 bits per heavy atom. The highest BCUT2D eigenvalue weighted by Gasteiger charge is 2.34. The van der Waals surface area contributed by atoms with Gasteiger partial charge in [0.25, 0.3) is 5.91 Å². The number of carbonyl (C=O) groups excluding carboxylic acids is 3. The molecule has 2 aliphatic heterocycles. The highest BCUT2D eigenvalue weighted by atomic mass is 35.5. The van der Waals surface area contributed by atoms with E-state index >= 15 is 0 Å². The number of hydrogen-bond acceptors (Lipinski definition) is 6. The van der Waals surface area contributed by atoms with Gasteiger partial charge in [0.15, 0.2) is 0 Å². The topological polar surface area (TPSA) is 120 Å². The summed E-state index contributed by atoms with van der Waals surface area (Å²) < 4.78 is 44.4. The van der Waals surface area contributed by atoms with Gasteiger partial charge in [0.2, 0.25) is 21.8 Å². The number of carbonyl (C=O) groups is 3. The van der Waals surface area contributed by atoms with Crippen LogP contribution in [0.3, 0.4) is 0 Å². The molecule has 3 amide bonds. The summed E-state index contributed by atoms with van der Waals surface area (Å²) >= 11 is 13.4. The van der Waals surface area contributed by atoms with Gasteiger partial charge in [-0.3, -0.25) is 14.4 Å². The van der Waals surface area contributed by atoms with Crippen LogP contribution in [0.25, 0.3) is 0 Å². The molecule has 0 spiro atoms. The van der Waals surface area contributed by atoms with Gasteiger partial charge in [-0.15, -0.1) is 11.3 Å². The number of likely N-dealkylation sites (N-methyl/N-ethyl adjacent to an activating group) is 1. The minimum absolute atomic E-state index is 0.0467. The molecule has 1 aromatic carbocycles. The van der Waals surface area contributed by atoms with Crippen LogP contribution in [0.5, 0.6) is 0 Å². The summed E-state index contributed by atoms with van der Waals surface area (Å²) in [5.74, 6) is -2.25. The molecular weight excluding hydrogens is 592 g/mol. The largest absolute Gasteiger partial charge is 0.349 e. The van der Waals surface area contributed by atoms with Crippen LogP contribution in [0.2, 0.25) is 9.36 Å². The van der Waals surface area contributed by atoms with E-state index in [9.17, 15) is 27.2 Å². The summed E-state index contributed by atoms with van der Waals surface area (Å²) in [6.07, 6.45) is 1.58. The Bertz CT molecular complexity index is 1360. The molecule has 15 heteroatoms. The fraction of sp³-hybridized carbons (Fsp3) is 0.458. The fourth-order valence-electron chi connectivity index (χ4n) is 4.48. The number of piperazine rings is 1. The van der Waals surface area contributed by atoms with Crippen molar-refractivity contribution in [1.82, 2.24) is 14.9 Å². The molecule has 3 heterocycles. The third-order valence-corrected chi connectivity index (χ3v) is 9.91. The molecule has 39 heavy (non-hydrogen) atoms. The van der Waals surface area contributed by atoms with Crippen LogP contribution < -0.4 is 19.8 Å². The molecule has 0 unspecified atom stereocenters. The van der Waals surface area contributed by atoms with Crippen LogP contribution in [0, 0.1) is 5.82 Å². The minimum Gasteiger partial charge on any atom is -0.349 e. The van der Waals surface area contributed by atoms with Gasteiger partial charge in [0, 0.05) is 19.5 Å². The lowest BCUT2D eigenvalue weighted by Crippen LogP contribution is -3.12. The monoisotopic (exact) mass is 620 g/mol. The molecule has 2 fully saturated rings. The average molecular weight is 622 g/mol. The maximum Gasteiger partial charge on any atom is 0.261 e. The summed E-state index contributed by atoms with van der Waals surface area (Å²) in [4.78, 5) is 42.2. The van der Waals surface area contributed by atoms with E-state index in [0.717, 1.165) is 23.5 Å². The average Bonchev–Trinajstić information content (AvgIpc) is 3.34. The molecule has 1 atom stereocenters. The molecule has 2 saturated heterocycles. The highest BCUT2D eigenvalue weighted by Crippen LogP contribution is 2.35. The number of hydrogen-bond donors (Lipinski definition) is 3. The van der Waals surface area contributed by atoms with E-state index in [2.05, 4.69) is 10.0 Å². The zero-order chi connectivity index (χ0) is 28.3. The SMILES string of the molecule is C[NH+]1CCN(C(=O)[C@H](CNC(=O)c2ccc(Cl)s2)NS(=O)(=O)c2cc(F)cc(N3CCCCC3=O)c2Cl)CC1. The third kappa shape index (κ3) is 7.08. The zero-order valence-corrected chi connectivity index (χ0v) is 24.3. The van der Waals surface area contributed by atoms with E-state index in [-0.39, 0.29) is 36.1 Å². The van der Waals surface area contributed by atoms with Crippen LogP contribution in [0.1, 0.15) is 28.9 Å². The first-order chi connectivity index (χ1) is 18.5. The number of thiophene rings is 1. The molecule has 1 aromatic heterocycles. The molecule has 0 radical (unpaired) electrons. The molecule has 0 aliphatic carbocycles. The number of rotatable bonds is 8. The van der Waals surface area contributed by atoms with Crippen molar-refractivity contribution >= 4 is 68.0 Å². The Labute approximate surface area is 240 Å². The number of amides is 3. The lowest BCUT2D eigenvalue weighted by atomic mass is 10.1. The Kier molecular flexibility index (Phi) is 9.50. The Morgan fingerprint density at radius 2 is 1.87 bits per heavy atom. The van der Waals surface area contributed by atoms with Crippen molar-refractivity contribution in [1.29, 1.82) is 0 Å². The maximum atomic E-state index is 14.7. The normalized spacial score (nSPS) is 17.8. The van der Waals surface area contributed by atoms with Crippen molar-refractivity contribution in [3.63, 3.8) is 0 Å². The van der Waals surface area contributed by atoms with Crippen molar-refractivity contribution in [2.75, 3.05) is 51.2 Å². The van der Waals surface area contributed by atoms with Gasteiger partial charge in [-0.1, -0.05) is 23.2 Å². The molecule has 10 nitrogen and oxygen atoms in total. The van der Waals surface area contributed by atoms with Crippen molar-refractivity contribution < 1.29 is 32.1 Å². The zero-order valence-electron chi connectivity index (χ0n) is 21.1. The van der Waals surface area contributed by atoms with Crippen LogP contribution in [-0.4, -0.2) is 83.4 Å². The summed E-state index contributed by atoms with van der Waals surface area (Å²) in [7, 11) is -2.59. The number of benzene rings is 1. The molecule has 3 N–H and O–H groups in total. The fourth-order valence-corrected chi connectivity index (χ4v) is 7.25. The van der Waals surface area contributed by atoms with Gasteiger partial charge >= 0.3 is 0 Å². The summed E-state index contributed by atoms with van der Waals surface area (Å²) in [6, 6.07) is 3.44. The number of quaternary nitrogens is 1. The van der Waals surface area contributed by atoms with Crippen molar-refractivity contribution in [2.45, 2.75) is 30.2 Å². The predicted octanol–water partition coefficient (Wildman–Crippen LogP) is 1.14. The first kappa shape index (κ1) is 29.7. The van der Waals surface area contributed by atoms with E-state index in [1.807, 2.05) is 7.05 Å². The lowest BCUT2D eigenvalue weighted by Gasteiger charge is -2.33. The smallest absolute Gasteiger partial charge is 0.261 e. The lowest BCUT2D eigenvalue weighted by molar-refractivity contribution is -0.883. The third-order valence-electron chi connectivity index (χ3n) is 6.68. The van der Waals surface area contributed by atoms with E-state index in [1.165, 1.54) is 20.8 Å². The van der Waals surface area contributed by atoms with Crippen molar-refractivity contribution in [2.24, 2.45) is 0 Å². The first-order valence-electron chi connectivity index (χ1n) is 12.4. The molecule has 2 aromatic rings. The van der Waals surface area contributed by atoms with Crippen LogP contribution in [0.15, 0.2) is 29.2 Å². The van der Waals surface area contributed by atoms with Crippen molar-refractivity contribution in [3.05, 3.63) is 44.3 Å². The highest BCUT2D eigenvalue weighted by molar-refractivity contribution is 7.89. The minimum atomic E-state index is -4.58. The second-order valence-electron chi connectivity index (χ2n) is 9.51. The van der Waals surface area contributed by atoms with Gasteiger partial charge in [-0.05, 0) is 37.1 Å². The van der Waals surface area contributed by atoms with Gasteiger partial charge in [0.1, 0.15) is 16.8 Å². The molecule has 212 valence electrons. The molecule has 0 bridgehead atoms. The second-order valence-corrected chi connectivity index (χ2v) is 13.3. The van der Waals surface area contributed by atoms with Gasteiger partial charge in [-0.2, -0.15) is 4.72 Å². The number of nitrogens with one attached hydrogen (secondary N) is 3. The number of nitrogens with zero attached hydrogens (tertiary/aromatic N) is 2. The number of sulfonamides is 1. The number of anilines is 1. The van der Waals surface area contributed by atoms with E-state index in [1.54, 1.807) is 6.07 Å². The van der Waals surface area contributed by atoms with E-state index < -0.39 is 38.6 Å². The molecule has 4 rings (SSSR count). The standard InChI is InChI=1S/C24H28Cl2FN5O5S2/c1-30-8-10-31(11-9-30)24(35)16(14-28-23(34)18-5-6-20(25)38-18)29-39(36,37)19-13-15(27)12-17(22(19)26)32-7-3-2-4-21(32)33/h5-6,12-13,16,29H,2-4,7-11,14H2,1H3,(H,28,34)/p+1/t16-/m0/s1. The van der Waals surface area contributed by atoms with E-state index in [4.69, 9.17) is 23.2 Å². The number of halogens is 3. The summed E-state index contributed by atoms with van der Waals surface area (Å²) in [6.45, 7) is 2.07. The van der Waals surface area contributed by atoms with E-state index in [0.29, 0.717) is 48.2 Å². The Balaban J connectivity index is 1.61.